The number of piperazine rings is 1. The van der Waals surface area contributed by atoms with E-state index in [9.17, 15) is 14.4 Å². The summed E-state index contributed by atoms with van der Waals surface area (Å²) in [5.74, 6) is -0.399. The highest BCUT2D eigenvalue weighted by Gasteiger charge is 2.46. The van der Waals surface area contributed by atoms with Crippen molar-refractivity contribution in [2.75, 3.05) is 13.1 Å². The number of hydrogen-bond acceptors (Lipinski definition) is 4. The van der Waals surface area contributed by atoms with E-state index in [0.29, 0.717) is 31.5 Å². The number of rotatable bonds is 6. The summed E-state index contributed by atoms with van der Waals surface area (Å²) in [6.45, 7) is 0.942. The SMILES string of the molecule is NCCCC[C@@H]1NC(=O)[C@@H]2C[C@H](NC(=O)c3ccc(Br)cc3)CN2C1=O. The average molecular weight is 423 g/mol. The minimum Gasteiger partial charge on any atom is -0.347 e. The maximum atomic E-state index is 12.6. The number of nitrogens with two attached hydrogens (primary N) is 1. The van der Waals surface area contributed by atoms with Crippen LogP contribution in [-0.2, 0) is 9.59 Å². The summed E-state index contributed by atoms with van der Waals surface area (Å²) in [4.78, 5) is 39.0. The second-order valence-corrected chi connectivity index (χ2v) is 7.68. The second-order valence-electron chi connectivity index (χ2n) is 6.77. The first-order chi connectivity index (χ1) is 12.5. The molecule has 0 aromatic heterocycles. The van der Waals surface area contributed by atoms with Gasteiger partial charge in [-0.3, -0.25) is 14.4 Å². The van der Waals surface area contributed by atoms with E-state index in [1.165, 1.54) is 0 Å². The smallest absolute Gasteiger partial charge is 0.251 e. The fraction of sp³-hybridized carbons (Fsp3) is 0.500. The van der Waals surface area contributed by atoms with Gasteiger partial charge in [-0.05, 0) is 56.5 Å². The number of benzene rings is 1. The molecule has 7 nitrogen and oxygen atoms in total. The number of unbranched alkanes of at least 4 members (excludes halogenated alkanes) is 1. The lowest BCUT2D eigenvalue weighted by Gasteiger charge is -2.34. The van der Waals surface area contributed by atoms with Crippen molar-refractivity contribution in [3.05, 3.63) is 34.3 Å². The van der Waals surface area contributed by atoms with Gasteiger partial charge in [-0.2, -0.15) is 0 Å². The number of carbonyl (C=O) groups is 3. The molecule has 4 N–H and O–H groups in total. The van der Waals surface area contributed by atoms with Gasteiger partial charge in [0.2, 0.25) is 11.8 Å². The van der Waals surface area contributed by atoms with Crippen molar-refractivity contribution in [2.24, 2.45) is 5.73 Å². The Labute approximate surface area is 160 Å². The third-order valence-electron chi connectivity index (χ3n) is 4.89. The molecular weight excluding hydrogens is 400 g/mol. The van der Waals surface area contributed by atoms with Crippen LogP contribution in [-0.4, -0.2) is 53.8 Å². The van der Waals surface area contributed by atoms with Crippen LogP contribution in [0, 0.1) is 0 Å². The zero-order valence-electron chi connectivity index (χ0n) is 14.4. The van der Waals surface area contributed by atoms with Crippen molar-refractivity contribution in [1.29, 1.82) is 0 Å². The van der Waals surface area contributed by atoms with E-state index < -0.39 is 12.1 Å². The molecule has 2 fully saturated rings. The molecule has 3 atom stereocenters. The molecule has 26 heavy (non-hydrogen) atoms. The van der Waals surface area contributed by atoms with Crippen molar-refractivity contribution in [2.45, 2.75) is 43.8 Å². The van der Waals surface area contributed by atoms with Gasteiger partial charge in [0.1, 0.15) is 12.1 Å². The van der Waals surface area contributed by atoms with E-state index in [1.54, 1.807) is 29.2 Å². The van der Waals surface area contributed by atoms with Crippen molar-refractivity contribution in [3.8, 4) is 0 Å². The highest BCUT2D eigenvalue weighted by molar-refractivity contribution is 9.10. The molecule has 0 bridgehead atoms. The number of hydrogen-bond donors (Lipinski definition) is 3. The van der Waals surface area contributed by atoms with Crippen molar-refractivity contribution < 1.29 is 14.4 Å². The van der Waals surface area contributed by atoms with Crippen LogP contribution in [0.5, 0.6) is 0 Å². The van der Waals surface area contributed by atoms with E-state index in [-0.39, 0.29) is 23.8 Å². The van der Waals surface area contributed by atoms with E-state index in [1.807, 2.05) is 0 Å². The van der Waals surface area contributed by atoms with Crippen LogP contribution in [0.1, 0.15) is 36.0 Å². The highest BCUT2D eigenvalue weighted by Crippen LogP contribution is 2.24. The standard InChI is InChI=1S/C18H23BrN4O3/c19-12-6-4-11(5-7-12)16(24)21-13-9-15-17(25)22-14(3-1-2-8-20)18(26)23(15)10-13/h4-7,13-15H,1-3,8-10,20H2,(H,21,24)(H,22,25)/t13-,14-,15-/m0/s1. The Balaban J connectivity index is 1.61. The molecule has 3 rings (SSSR count). The first-order valence-corrected chi connectivity index (χ1v) is 9.66. The summed E-state index contributed by atoms with van der Waals surface area (Å²) in [6.07, 6.45) is 2.67. The predicted octanol–water partition coefficient (Wildman–Crippen LogP) is 0.776. The number of halogens is 1. The first-order valence-electron chi connectivity index (χ1n) is 8.87. The lowest BCUT2D eigenvalue weighted by Crippen LogP contribution is -2.61. The quantitative estimate of drug-likeness (QED) is 0.588. The van der Waals surface area contributed by atoms with Gasteiger partial charge >= 0.3 is 0 Å². The molecule has 2 heterocycles. The third kappa shape index (κ3) is 4.07. The number of amides is 3. The predicted molar refractivity (Wildman–Crippen MR) is 100 cm³/mol. The molecule has 2 saturated heterocycles. The van der Waals surface area contributed by atoms with Crippen LogP contribution in [0.4, 0.5) is 0 Å². The number of carbonyl (C=O) groups excluding carboxylic acids is 3. The Kier molecular flexibility index (Phi) is 5.93. The van der Waals surface area contributed by atoms with Gasteiger partial charge in [0, 0.05) is 22.6 Å². The second kappa shape index (κ2) is 8.18. The van der Waals surface area contributed by atoms with E-state index in [4.69, 9.17) is 5.73 Å². The molecule has 1 aromatic carbocycles. The molecule has 0 radical (unpaired) electrons. The van der Waals surface area contributed by atoms with Gasteiger partial charge in [-0.1, -0.05) is 15.9 Å². The topological polar surface area (TPSA) is 105 Å². The van der Waals surface area contributed by atoms with Gasteiger partial charge in [0.15, 0.2) is 0 Å². The minimum absolute atomic E-state index is 0.0630. The van der Waals surface area contributed by atoms with Gasteiger partial charge in [-0.15, -0.1) is 0 Å². The van der Waals surface area contributed by atoms with E-state index >= 15 is 0 Å². The third-order valence-corrected chi connectivity index (χ3v) is 5.42. The van der Waals surface area contributed by atoms with Gasteiger partial charge in [-0.25, -0.2) is 0 Å². The fourth-order valence-electron chi connectivity index (χ4n) is 3.52. The fourth-order valence-corrected chi connectivity index (χ4v) is 3.79. The van der Waals surface area contributed by atoms with Crippen LogP contribution in [0.15, 0.2) is 28.7 Å². The molecule has 2 aliphatic rings. The lowest BCUT2D eigenvalue weighted by atomic mass is 10.0. The van der Waals surface area contributed by atoms with Crippen molar-refractivity contribution in [1.82, 2.24) is 15.5 Å². The van der Waals surface area contributed by atoms with Gasteiger partial charge in [0.05, 0.1) is 0 Å². The average Bonchev–Trinajstić information content (AvgIpc) is 3.04. The van der Waals surface area contributed by atoms with Crippen LogP contribution in [0.25, 0.3) is 0 Å². The molecule has 0 aliphatic carbocycles. The zero-order chi connectivity index (χ0) is 18.7. The highest BCUT2D eigenvalue weighted by atomic mass is 79.9. The summed E-state index contributed by atoms with van der Waals surface area (Å²) in [5.41, 5.74) is 6.04. The maximum absolute atomic E-state index is 12.6. The Morgan fingerprint density at radius 2 is 2.00 bits per heavy atom. The monoisotopic (exact) mass is 422 g/mol. The van der Waals surface area contributed by atoms with Crippen LogP contribution < -0.4 is 16.4 Å². The molecule has 0 unspecified atom stereocenters. The summed E-state index contributed by atoms with van der Waals surface area (Å²) < 4.78 is 0.898. The lowest BCUT2D eigenvalue weighted by molar-refractivity contribution is -0.147. The zero-order valence-corrected chi connectivity index (χ0v) is 16.0. The molecule has 3 amide bonds. The summed E-state index contributed by atoms with van der Waals surface area (Å²) >= 11 is 3.34. The molecular formula is C18H23BrN4O3. The van der Waals surface area contributed by atoms with Gasteiger partial charge in [0.25, 0.3) is 5.91 Å². The van der Waals surface area contributed by atoms with Gasteiger partial charge < -0.3 is 21.3 Å². The first kappa shape index (κ1) is 18.8. The van der Waals surface area contributed by atoms with Crippen LogP contribution in [0.2, 0.25) is 0 Å². The van der Waals surface area contributed by atoms with Crippen LogP contribution >= 0.6 is 15.9 Å². The molecule has 0 saturated carbocycles. The molecule has 1 aromatic rings. The largest absolute Gasteiger partial charge is 0.347 e. The minimum atomic E-state index is -0.497. The van der Waals surface area contributed by atoms with E-state index in [0.717, 1.165) is 17.3 Å². The van der Waals surface area contributed by atoms with Crippen molar-refractivity contribution >= 4 is 33.7 Å². The Bertz CT molecular complexity index is 694. The number of nitrogens with zero attached hydrogens (tertiary/aromatic N) is 1. The Morgan fingerprint density at radius 3 is 2.69 bits per heavy atom. The van der Waals surface area contributed by atoms with E-state index in [2.05, 4.69) is 26.6 Å². The maximum Gasteiger partial charge on any atom is 0.251 e. The Morgan fingerprint density at radius 1 is 1.27 bits per heavy atom. The summed E-state index contributed by atoms with van der Waals surface area (Å²) in [5, 5.41) is 5.75. The normalized spacial score (nSPS) is 25.0. The molecule has 0 spiro atoms. The molecule has 140 valence electrons. The van der Waals surface area contributed by atoms with Crippen molar-refractivity contribution in [3.63, 3.8) is 0 Å². The summed E-state index contributed by atoms with van der Waals surface area (Å²) in [6, 6.07) is 5.86. The Hall–Kier alpha value is -1.93. The number of nitrogens with one attached hydrogen (secondary N) is 2. The number of fused-ring (bicyclic) bond motifs is 1. The molecule has 2 aliphatic heterocycles. The summed E-state index contributed by atoms with van der Waals surface area (Å²) in [7, 11) is 0. The molecule has 8 heteroatoms. The van der Waals surface area contributed by atoms with Crippen LogP contribution in [0.3, 0.4) is 0 Å².